The largest absolute Gasteiger partial charge is 0.370 e. The van der Waals surface area contributed by atoms with Gasteiger partial charge in [0.1, 0.15) is 11.9 Å². The van der Waals surface area contributed by atoms with Gasteiger partial charge in [-0.1, -0.05) is 6.07 Å². The summed E-state index contributed by atoms with van der Waals surface area (Å²) in [6.07, 6.45) is 3.16. The van der Waals surface area contributed by atoms with Gasteiger partial charge in [-0.25, -0.2) is 0 Å². The van der Waals surface area contributed by atoms with Crippen LogP contribution in [-0.4, -0.2) is 25.1 Å². The number of hydrogen-bond acceptors (Lipinski definition) is 4. The summed E-state index contributed by atoms with van der Waals surface area (Å²) in [4.78, 5) is 14.4. The Hall–Kier alpha value is -1.47. The topological polar surface area (TPSA) is 44.1 Å². The molecule has 1 aromatic rings. The molecular weight excluding hydrogens is 232 g/mol. The van der Waals surface area contributed by atoms with Crippen molar-refractivity contribution >= 4 is 23.2 Å². The number of anilines is 1. The van der Waals surface area contributed by atoms with Crippen LogP contribution in [0.4, 0.5) is 5.69 Å². The molecule has 0 bridgehead atoms. The first-order valence-corrected chi connectivity index (χ1v) is 6.82. The predicted octanol–water partition coefficient (Wildman–Crippen LogP) is 2.45. The average molecular weight is 246 g/mol. The monoisotopic (exact) mass is 246 g/mol. The molecule has 0 N–H and O–H groups in total. The van der Waals surface area contributed by atoms with Crippen LogP contribution in [0.1, 0.15) is 18.4 Å². The van der Waals surface area contributed by atoms with Crippen molar-refractivity contribution in [2.75, 3.05) is 24.2 Å². The van der Waals surface area contributed by atoms with E-state index < -0.39 is 0 Å². The highest BCUT2D eigenvalue weighted by atomic mass is 32.2. The summed E-state index contributed by atoms with van der Waals surface area (Å²) in [5.41, 5.74) is 1.70. The van der Waals surface area contributed by atoms with E-state index in [1.807, 2.05) is 24.5 Å². The maximum absolute atomic E-state index is 11.2. The van der Waals surface area contributed by atoms with Gasteiger partial charge in [-0.2, -0.15) is 5.26 Å². The lowest BCUT2D eigenvalue weighted by Crippen LogP contribution is -2.34. The minimum Gasteiger partial charge on any atom is -0.370 e. The van der Waals surface area contributed by atoms with Crippen molar-refractivity contribution in [1.82, 2.24) is 0 Å². The highest BCUT2D eigenvalue weighted by Gasteiger charge is 2.19. The Bertz CT molecular complexity index is 469. The number of carbonyl (C=O) groups excluding carboxylic acids is 1. The molecule has 0 atom stereocenters. The number of ketones is 1. The van der Waals surface area contributed by atoms with Crippen molar-refractivity contribution in [3.63, 3.8) is 0 Å². The van der Waals surface area contributed by atoms with E-state index in [0.717, 1.165) is 29.2 Å². The fourth-order valence-electron chi connectivity index (χ4n) is 2.06. The van der Waals surface area contributed by atoms with Crippen LogP contribution in [0.5, 0.6) is 0 Å². The van der Waals surface area contributed by atoms with Crippen LogP contribution in [0.15, 0.2) is 23.1 Å². The molecule has 0 unspecified atom stereocenters. The van der Waals surface area contributed by atoms with Gasteiger partial charge in [0.25, 0.3) is 0 Å². The molecule has 88 valence electrons. The van der Waals surface area contributed by atoms with Gasteiger partial charge in [-0.15, -0.1) is 11.8 Å². The van der Waals surface area contributed by atoms with E-state index in [-0.39, 0.29) is 0 Å². The Morgan fingerprint density at radius 1 is 1.35 bits per heavy atom. The molecule has 4 heteroatoms. The van der Waals surface area contributed by atoms with Gasteiger partial charge in [0, 0.05) is 30.8 Å². The molecule has 0 amide bonds. The van der Waals surface area contributed by atoms with E-state index in [0.29, 0.717) is 18.6 Å². The fourth-order valence-corrected chi connectivity index (χ4v) is 2.63. The molecule has 2 rings (SSSR count). The molecule has 0 saturated carbocycles. The summed E-state index contributed by atoms with van der Waals surface area (Å²) in [6, 6.07) is 8.17. The van der Waals surface area contributed by atoms with Crippen LogP contribution in [-0.2, 0) is 4.79 Å². The number of nitrogens with zero attached hydrogens (tertiary/aromatic N) is 2. The first kappa shape index (κ1) is 12.0. The van der Waals surface area contributed by atoms with E-state index in [1.165, 1.54) is 0 Å². The van der Waals surface area contributed by atoms with Crippen molar-refractivity contribution in [2.24, 2.45) is 0 Å². The number of rotatable bonds is 2. The minimum atomic E-state index is 0.320. The summed E-state index contributed by atoms with van der Waals surface area (Å²) in [6.45, 7) is 1.46. The molecule has 0 spiro atoms. The zero-order valence-corrected chi connectivity index (χ0v) is 10.6. The van der Waals surface area contributed by atoms with Crippen molar-refractivity contribution in [2.45, 2.75) is 17.7 Å². The fraction of sp³-hybridized carbons (Fsp3) is 0.385. The van der Waals surface area contributed by atoms with Gasteiger partial charge in [0.15, 0.2) is 0 Å². The molecule has 1 aromatic carbocycles. The Kier molecular flexibility index (Phi) is 3.70. The number of Topliss-reactive ketones (excluding diaryl/α,β-unsaturated/α-hetero) is 1. The second-order valence-electron chi connectivity index (χ2n) is 3.99. The van der Waals surface area contributed by atoms with Crippen LogP contribution in [0.25, 0.3) is 0 Å². The molecule has 1 aliphatic heterocycles. The Labute approximate surface area is 105 Å². The number of benzene rings is 1. The van der Waals surface area contributed by atoms with E-state index in [1.54, 1.807) is 11.8 Å². The van der Waals surface area contributed by atoms with Crippen LogP contribution < -0.4 is 4.90 Å². The highest BCUT2D eigenvalue weighted by molar-refractivity contribution is 7.98. The first-order valence-electron chi connectivity index (χ1n) is 5.60. The third-order valence-corrected chi connectivity index (χ3v) is 3.78. The normalized spacial score (nSPS) is 15.8. The molecule has 17 heavy (non-hydrogen) atoms. The smallest absolute Gasteiger partial charge is 0.136 e. The number of carbonyl (C=O) groups is 1. The maximum atomic E-state index is 11.2. The van der Waals surface area contributed by atoms with Gasteiger partial charge in [-0.3, -0.25) is 4.79 Å². The maximum Gasteiger partial charge on any atom is 0.136 e. The summed E-state index contributed by atoms with van der Waals surface area (Å²) in [5.74, 6) is 0.320. The second kappa shape index (κ2) is 5.24. The first-order chi connectivity index (χ1) is 8.26. The number of nitriles is 1. The van der Waals surface area contributed by atoms with Crippen molar-refractivity contribution < 1.29 is 4.79 Å². The molecule has 1 saturated heterocycles. The quantitative estimate of drug-likeness (QED) is 0.752. The summed E-state index contributed by atoms with van der Waals surface area (Å²) < 4.78 is 0. The molecule has 0 aliphatic carbocycles. The molecule has 1 aliphatic rings. The van der Waals surface area contributed by atoms with Crippen LogP contribution in [0.2, 0.25) is 0 Å². The number of piperidine rings is 1. The van der Waals surface area contributed by atoms with Crippen molar-refractivity contribution in [3.8, 4) is 6.07 Å². The van der Waals surface area contributed by atoms with Gasteiger partial charge in [0.05, 0.1) is 11.3 Å². The number of thioether (sulfide) groups is 1. The summed E-state index contributed by atoms with van der Waals surface area (Å²) in [7, 11) is 0. The van der Waals surface area contributed by atoms with E-state index in [4.69, 9.17) is 0 Å². The molecular formula is C13H14N2OS. The lowest BCUT2D eigenvalue weighted by atomic mass is 10.1. The zero-order valence-electron chi connectivity index (χ0n) is 9.77. The third kappa shape index (κ3) is 2.45. The second-order valence-corrected chi connectivity index (χ2v) is 4.84. The molecule has 1 heterocycles. The van der Waals surface area contributed by atoms with E-state index >= 15 is 0 Å². The van der Waals surface area contributed by atoms with Gasteiger partial charge >= 0.3 is 0 Å². The van der Waals surface area contributed by atoms with Crippen molar-refractivity contribution in [1.29, 1.82) is 5.26 Å². The molecule has 0 radical (unpaired) electrons. The van der Waals surface area contributed by atoms with Crippen LogP contribution >= 0.6 is 11.8 Å². The van der Waals surface area contributed by atoms with E-state index in [2.05, 4.69) is 11.0 Å². The lowest BCUT2D eigenvalue weighted by molar-refractivity contribution is -0.119. The van der Waals surface area contributed by atoms with Gasteiger partial charge in [0.2, 0.25) is 0 Å². The lowest BCUT2D eigenvalue weighted by Gasteiger charge is -2.29. The predicted molar refractivity (Wildman–Crippen MR) is 69.4 cm³/mol. The van der Waals surface area contributed by atoms with Crippen LogP contribution in [0.3, 0.4) is 0 Å². The van der Waals surface area contributed by atoms with Crippen LogP contribution in [0, 0.1) is 11.3 Å². The summed E-state index contributed by atoms with van der Waals surface area (Å²) in [5, 5.41) is 9.26. The summed E-state index contributed by atoms with van der Waals surface area (Å²) >= 11 is 1.58. The zero-order chi connectivity index (χ0) is 12.3. The Morgan fingerprint density at radius 3 is 2.65 bits per heavy atom. The van der Waals surface area contributed by atoms with E-state index in [9.17, 15) is 10.1 Å². The standard InChI is InChI=1S/C13H14N2OS/c1-17-13-4-2-3-12(11(13)9-14)15-7-5-10(16)6-8-15/h2-4H,5-8H2,1H3. The van der Waals surface area contributed by atoms with Gasteiger partial charge in [-0.05, 0) is 18.4 Å². The highest BCUT2D eigenvalue weighted by Crippen LogP contribution is 2.30. The Balaban J connectivity index is 2.32. The SMILES string of the molecule is CSc1cccc(N2CCC(=O)CC2)c1C#N. The minimum absolute atomic E-state index is 0.320. The third-order valence-electron chi connectivity index (χ3n) is 3.00. The molecule has 1 fully saturated rings. The van der Waals surface area contributed by atoms with Crippen molar-refractivity contribution in [3.05, 3.63) is 23.8 Å². The average Bonchev–Trinajstić information content (AvgIpc) is 2.38. The van der Waals surface area contributed by atoms with Gasteiger partial charge < -0.3 is 4.90 Å². The number of hydrogen-bond donors (Lipinski definition) is 0. The Morgan fingerprint density at radius 2 is 2.06 bits per heavy atom. The molecule has 3 nitrogen and oxygen atoms in total. The molecule has 0 aromatic heterocycles.